The lowest BCUT2D eigenvalue weighted by molar-refractivity contribution is -0.137. The summed E-state index contributed by atoms with van der Waals surface area (Å²) in [7, 11) is 1.50. The summed E-state index contributed by atoms with van der Waals surface area (Å²) in [6.07, 6.45) is 4.25. The van der Waals surface area contributed by atoms with Gasteiger partial charge in [0, 0.05) is 17.3 Å². The zero-order valence-corrected chi connectivity index (χ0v) is 17.3. The van der Waals surface area contributed by atoms with Crippen LogP contribution in [0.2, 0.25) is 0 Å². The Balaban J connectivity index is 1.85. The second-order valence-corrected chi connectivity index (χ2v) is 10.0. The minimum absolute atomic E-state index is 0.0300. The second-order valence-electron chi connectivity index (χ2n) is 10.0. The molecule has 0 aromatic carbocycles. The molecule has 1 unspecified atom stereocenters. The van der Waals surface area contributed by atoms with Crippen molar-refractivity contribution in [1.82, 2.24) is 0 Å². The zero-order chi connectivity index (χ0) is 20.5. The summed E-state index contributed by atoms with van der Waals surface area (Å²) in [6.45, 7) is 5.85. The molecule has 4 aliphatic rings. The molecular formula is C22H33NO5. The van der Waals surface area contributed by atoms with Gasteiger partial charge in [-0.25, -0.2) is 0 Å². The summed E-state index contributed by atoms with van der Waals surface area (Å²) in [5.74, 6) is 0.0858. The number of fused-ring (bicyclic) bond motifs is 5. The standard InChI is InChI=1S/C22H33NO5/c1-12(24)13-6-8-22(27)15-9-17(23-28-4)16-10-18(25)19(26)11-20(16,2)14(15)5-7-21(13,22)3/h9,13-14,16,18-19,25-27H,5-8,10-11H2,1-4H3/b23-17-/t13-,14?,16+,18-,19+,20-,21-,22-/m1/s1. The van der Waals surface area contributed by atoms with E-state index in [1.807, 2.05) is 6.08 Å². The molecule has 0 radical (unpaired) electrons. The maximum atomic E-state index is 12.3. The molecule has 0 saturated heterocycles. The van der Waals surface area contributed by atoms with Crippen LogP contribution in [0.25, 0.3) is 0 Å². The Kier molecular flexibility index (Phi) is 4.57. The Hall–Kier alpha value is -1.24. The third kappa shape index (κ3) is 2.44. The van der Waals surface area contributed by atoms with Crippen LogP contribution < -0.4 is 0 Å². The lowest BCUT2D eigenvalue weighted by atomic mass is 9.46. The molecule has 0 spiro atoms. The molecule has 156 valence electrons. The minimum Gasteiger partial charge on any atom is -0.399 e. The van der Waals surface area contributed by atoms with Gasteiger partial charge in [-0.1, -0.05) is 19.0 Å². The number of hydrogen-bond donors (Lipinski definition) is 3. The van der Waals surface area contributed by atoms with Crippen LogP contribution in [0.1, 0.15) is 59.3 Å². The molecule has 0 aromatic rings. The lowest BCUT2D eigenvalue weighted by Gasteiger charge is -2.60. The van der Waals surface area contributed by atoms with E-state index in [1.165, 1.54) is 7.11 Å². The van der Waals surface area contributed by atoms with Crippen LogP contribution in [0.3, 0.4) is 0 Å². The highest BCUT2D eigenvalue weighted by Crippen LogP contribution is 2.67. The topological polar surface area (TPSA) is 99.4 Å². The van der Waals surface area contributed by atoms with Gasteiger partial charge in [-0.15, -0.1) is 0 Å². The monoisotopic (exact) mass is 391 g/mol. The highest BCUT2D eigenvalue weighted by atomic mass is 16.6. The summed E-state index contributed by atoms with van der Waals surface area (Å²) < 4.78 is 0. The Morgan fingerprint density at radius 2 is 1.89 bits per heavy atom. The van der Waals surface area contributed by atoms with Crippen LogP contribution in [-0.4, -0.2) is 51.7 Å². The molecule has 3 fully saturated rings. The molecule has 0 bridgehead atoms. The first kappa shape index (κ1) is 20.0. The number of aliphatic hydroxyl groups excluding tert-OH is 2. The number of rotatable bonds is 2. The van der Waals surface area contributed by atoms with Crippen LogP contribution in [0.15, 0.2) is 16.8 Å². The fraction of sp³-hybridized carbons (Fsp3) is 0.818. The van der Waals surface area contributed by atoms with Gasteiger partial charge >= 0.3 is 0 Å². The van der Waals surface area contributed by atoms with Crippen LogP contribution >= 0.6 is 0 Å². The maximum Gasteiger partial charge on any atom is 0.133 e. The minimum atomic E-state index is -1.05. The highest BCUT2D eigenvalue weighted by Gasteiger charge is 2.66. The molecule has 0 aliphatic heterocycles. The molecular weight excluding hydrogens is 358 g/mol. The maximum absolute atomic E-state index is 12.3. The Morgan fingerprint density at radius 1 is 1.18 bits per heavy atom. The SMILES string of the molecule is CO/N=C1/C=C2C(CC[C@]3(C)[C@@H](C(C)=O)CC[C@@]23O)[C@@]2(C)C[C@H](O)[C@H](O)C[C@@H]12. The summed E-state index contributed by atoms with van der Waals surface area (Å²) in [6, 6.07) is 0. The normalized spacial score (nSPS) is 51.8. The predicted octanol–water partition coefficient (Wildman–Crippen LogP) is 2.21. The molecule has 28 heavy (non-hydrogen) atoms. The van der Waals surface area contributed by atoms with Gasteiger partial charge in [0.2, 0.25) is 0 Å². The Morgan fingerprint density at radius 3 is 2.54 bits per heavy atom. The van der Waals surface area contributed by atoms with Crippen molar-refractivity contribution in [1.29, 1.82) is 0 Å². The number of ketones is 1. The number of aliphatic hydroxyl groups is 3. The number of oxime groups is 1. The van der Waals surface area contributed by atoms with Gasteiger partial charge in [-0.05, 0) is 68.4 Å². The average molecular weight is 392 g/mol. The van der Waals surface area contributed by atoms with Crippen LogP contribution in [-0.2, 0) is 9.63 Å². The van der Waals surface area contributed by atoms with E-state index >= 15 is 0 Å². The highest BCUT2D eigenvalue weighted by molar-refractivity contribution is 5.99. The van der Waals surface area contributed by atoms with E-state index < -0.39 is 23.2 Å². The number of Topliss-reactive ketones (excluding diaryl/α,β-unsaturated/α-hetero) is 1. The third-order valence-electron chi connectivity index (χ3n) is 8.82. The van der Waals surface area contributed by atoms with Crippen molar-refractivity contribution in [3.05, 3.63) is 11.6 Å². The van der Waals surface area contributed by atoms with Crippen molar-refractivity contribution in [2.45, 2.75) is 77.1 Å². The number of carbonyl (C=O) groups is 1. The van der Waals surface area contributed by atoms with Crippen molar-refractivity contribution < 1.29 is 25.0 Å². The second kappa shape index (κ2) is 6.38. The molecule has 6 heteroatoms. The molecule has 0 amide bonds. The summed E-state index contributed by atoms with van der Waals surface area (Å²) in [4.78, 5) is 17.4. The fourth-order valence-corrected chi connectivity index (χ4v) is 7.24. The Labute approximate surface area is 166 Å². The molecule has 0 aromatic heterocycles. The smallest absolute Gasteiger partial charge is 0.133 e. The van der Waals surface area contributed by atoms with Crippen LogP contribution in [0, 0.1) is 28.6 Å². The molecule has 3 saturated carbocycles. The number of nitrogens with zero attached hydrogens (tertiary/aromatic N) is 1. The van der Waals surface area contributed by atoms with Crippen LogP contribution in [0.4, 0.5) is 0 Å². The molecule has 4 aliphatic carbocycles. The van der Waals surface area contributed by atoms with Crippen molar-refractivity contribution in [3.63, 3.8) is 0 Å². The summed E-state index contributed by atoms with van der Waals surface area (Å²) in [5.41, 5.74) is -0.161. The molecule has 8 atom stereocenters. The molecule has 4 rings (SSSR count). The van der Waals surface area contributed by atoms with Gasteiger partial charge in [-0.3, -0.25) is 4.79 Å². The fourth-order valence-electron chi connectivity index (χ4n) is 7.24. The molecule has 0 heterocycles. The van der Waals surface area contributed by atoms with E-state index in [2.05, 4.69) is 19.0 Å². The van der Waals surface area contributed by atoms with Crippen molar-refractivity contribution in [3.8, 4) is 0 Å². The van der Waals surface area contributed by atoms with Crippen molar-refractivity contribution >= 4 is 11.5 Å². The van der Waals surface area contributed by atoms with Gasteiger partial charge in [0.05, 0.1) is 23.5 Å². The zero-order valence-electron chi connectivity index (χ0n) is 17.3. The van der Waals surface area contributed by atoms with E-state index in [9.17, 15) is 20.1 Å². The third-order valence-corrected chi connectivity index (χ3v) is 8.82. The van der Waals surface area contributed by atoms with Gasteiger partial charge in [0.25, 0.3) is 0 Å². The number of hydrogen-bond acceptors (Lipinski definition) is 6. The first-order chi connectivity index (χ1) is 13.1. The largest absolute Gasteiger partial charge is 0.399 e. The van der Waals surface area contributed by atoms with E-state index in [4.69, 9.17) is 4.84 Å². The van der Waals surface area contributed by atoms with Gasteiger partial charge in [0.15, 0.2) is 0 Å². The number of carbonyl (C=O) groups excluding carboxylic acids is 1. The quantitative estimate of drug-likeness (QED) is 0.627. The van der Waals surface area contributed by atoms with Crippen LogP contribution in [0.5, 0.6) is 0 Å². The van der Waals surface area contributed by atoms with E-state index in [-0.39, 0.29) is 29.0 Å². The summed E-state index contributed by atoms with van der Waals surface area (Å²) in [5, 5.41) is 37.0. The van der Waals surface area contributed by atoms with Gasteiger partial charge < -0.3 is 20.2 Å². The number of allylic oxidation sites excluding steroid dienone is 1. The summed E-state index contributed by atoms with van der Waals surface area (Å²) >= 11 is 0. The van der Waals surface area contributed by atoms with E-state index in [1.54, 1.807) is 6.92 Å². The van der Waals surface area contributed by atoms with Crippen molar-refractivity contribution in [2.24, 2.45) is 33.7 Å². The molecule has 3 N–H and O–H groups in total. The predicted molar refractivity (Wildman–Crippen MR) is 105 cm³/mol. The van der Waals surface area contributed by atoms with E-state index in [0.717, 1.165) is 24.1 Å². The first-order valence-corrected chi connectivity index (χ1v) is 10.5. The first-order valence-electron chi connectivity index (χ1n) is 10.5. The lowest BCUT2D eigenvalue weighted by Crippen LogP contribution is -2.61. The van der Waals surface area contributed by atoms with E-state index in [0.29, 0.717) is 25.7 Å². The van der Waals surface area contributed by atoms with Gasteiger partial charge in [0.1, 0.15) is 12.9 Å². The average Bonchev–Trinajstić information content (AvgIpc) is 2.89. The van der Waals surface area contributed by atoms with Crippen molar-refractivity contribution in [2.75, 3.05) is 7.11 Å². The Bertz CT molecular complexity index is 747. The van der Waals surface area contributed by atoms with Gasteiger partial charge in [-0.2, -0.15) is 0 Å². The molecule has 6 nitrogen and oxygen atoms in total.